The van der Waals surface area contributed by atoms with Crippen LogP contribution in [-0.2, 0) is 6.42 Å². The Morgan fingerprint density at radius 3 is 2.74 bits per heavy atom. The normalized spacial score (nSPS) is 13.3. The third-order valence-corrected chi connectivity index (χ3v) is 4.03. The third kappa shape index (κ3) is 2.72. The zero-order chi connectivity index (χ0) is 16.6. The molecule has 6 heteroatoms. The Kier molecular flexibility index (Phi) is 3.90. The molecule has 1 amide bonds. The summed E-state index contributed by atoms with van der Waals surface area (Å²) in [4.78, 5) is 33.6. The van der Waals surface area contributed by atoms with E-state index in [2.05, 4.69) is 9.97 Å². The second kappa shape index (κ2) is 5.87. The van der Waals surface area contributed by atoms with Crippen molar-refractivity contribution < 1.29 is 9.53 Å². The van der Waals surface area contributed by atoms with E-state index in [-0.39, 0.29) is 22.9 Å². The van der Waals surface area contributed by atoms with E-state index in [0.717, 1.165) is 17.7 Å². The van der Waals surface area contributed by atoms with E-state index in [1.54, 1.807) is 18.2 Å². The molecule has 0 fully saturated rings. The van der Waals surface area contributed by atoms with Gasteiger partial charge in [0.15, 0.2) is 0 Å². The highest BCUT2D eigenvalue weighted by Gasteiger charge is 2.29. The van der Waals surface area contributed by atoms with Crippen molar-refractivity contribution in [2.45, 2.75) is 26.2 Å². The van der Waals surface area contributed by atoms with Gasteiger partial charge in [-0.05, 0) is 36.1 Å². The maximum atomic E-state index is 12.7. The molecule has 0 saturated carbocycles. The molecular weight excluding hydrogens is 294 g/mol. The molecule has 6 nitrogen and oxygen atoms in total. The summed E-state index contributed by atoms with van der Waals surface area (Å²) < 4.78 is 5.12. The van der Waals surface area contributed by atoms with Crippen LogP contribution in [0.3, 0.4) is 0 Å². The second-order valence-electron chi connectivity index (χ2n) is 5.85. The molecule has 23 heavy (non-hydrogen) atoms. The Morgan fingerprint density at radius 2 is 2.09 bits per heavy atom. The molecule has 0 radical (unpaired) electrons. The Bertz CT molecular complexity index is 811. The molecule has 0 saturated heterocycles. The Labute approximate surface area is 134 Å². The van der Waals surface area contributed by atoms with Crippen LogP contribution in [0.25, 0.3) is 0 Å². The van der Waals surface area contributed by atoms with Gasteiger partial charge in [-0.3, -0.25) is 14.5 Å². The first-order chi connectivity index (χ1) is 11.0. The number of pyridine rings is 2. The molecule has 0 aromatic carbocycles. The predicted molar refractivity (Wildman–Crippen MR) is 87.3 cm³/mol. The lowest BCUT2D eigenvalue weighted by Gasteiger charge is -2.16. The maximum absolute atomic E-state index is 12.7. The van der Waals surface area contributed by atoms with Crippen molar-refractivity contribution in [3.63, 3.8) is 0 Å². The van der Waals surface area contributed by atoms with Gasteiger partial charge in [0.25, 0.3) is 11.5 Å². The maximum Gasteiger partial charge on any atom is 0.265 e. The largest absolute Gasteiger partial charge is 0.481 e. The number of anilines is 1. The van der Waals surface area contributed by atoms with Crippen molar-refractivity contribution in [2.75, 3.05) is 18.6 Å². The quantitative estimate of drug-likeness (QED) is 0.941. The molecule has 0 aliphatic carbocycles. The number of nitrogens with zero attached hydrogens (tertiary/aromatic N) is 2. The van der Waals surface area contributed by atoms with E-state index in [4.69, 9.17) is 4.74 Å². The fourth-order valence-electron chi connectivity index (χ4n) is 2.68. The van der Waals surface area contributed by atoms with Crippen LogP contribution < -0.4 is 15.2 Å². The number of carbonyl (C=O) groups excluding carboxylic acids is 1. The first-order valence-electron chi connectivity index (χ1n) is 7.60. The lowest BCUT2D eigenvalue weighted by molar-refractivity contribution is 0.0987. The van der Waals surface area contributed by atoms with Crippen LogP contribution in [-0.4, -0.2) is 29.5 Å². The Balaban J connectivity index is 1.96. The van der Waals surface area contributed by atoms with Gasteiger partial charge in [-0.15, -0.1) is 0 Å². The minimum absolute atomic E-state index is 0.131. The summed E-state index contributed by atoms with van der Waals surface area (Å²) in [6, 6.07) is 7.06. The monoisotopic (exact) mass is 313 g/mol. The van der Waals surface area contributed by atoms with E-state index < -0.39 is 0 Å². The first kappa shape index (κ1) is 15.3. The van der Waals surface area contributed by atoms with Crippen molar-refractivity contribution in [2.24, 2.45) is 0 Å². The molecular formula is C17H19N3O3. The summed E-state index contributed by atoms with van der Waals surface area (Å²) in [5.41, 5.74) is 1.56. The number of fused-ring (bicyclic) bond motifs is 1. The average Bonchev–Trinajstić information content (AvgIpc) is 2.96. The zero-order valence-corrected chi connectivity index (χ0v) is 13.4. The highest BCUT2D eigenvalue weighted by atomic mass is 16.5. The number of carbonyl (C=O) groups is 1. The Hall–Kier alpha value is -2.63. The van der Waals surface area contributed by atoms with Gasteiger partial charge < -0.3 is 9.72 Å². The van der Waals surface area contributed by atoms with Gasteiger partial charge in [0.2, 0.25) is 5.88 Å². The Morgan fingerprint density at radius 1 is 1.30 bits per heavy atom. The van der Waals surface area contributed by atoms with Crippen molar-refractivity contribution in [1.82, 2.24) is 9.97 Å². The fraction of sp³-hybridized carbons (Fsp3) is 0.353. The molecule has 120 valence electrons. The number of amides is 1. The van der Waals surface area contributed by atoms with E-state index in [1.165, 1.54) is 12.0 Å². The smallest absolute Gasteiger partial charge is 0.265 e. The summed E-state index contributed by atoms with van der Waals surface area (Å²) in [6.45, 7) is 4.49. The number of rotatable bonds is 3. The van der Waals surface area contributed by atoms with Gasteiger partial charge >= 0.3 is 0 Å². The number of nitrogens with one attached hydrogen (secondary N) is 1. The van der Waals surface area contributed by atoms with Crippen LogP contribution in [0.5, 0.6) is 5.88 Å². The number of ether oxygens (including phenoxy) is 1. The molecule has 2 aromatic heterocycles. The number of aromatic nitrogens is 2. The molecule has 0 bridgehead atoms. The molecule has 1 N–H and O–H groups in total. The van der Waals surface area contributed by atoms with E-state index in [9.17, 15) is 9.59 Å². The fourth-order valence-corrected chi connectivity index (χ4v) is 2.68. The lowest BCUT2D eigenvalue weighted by atomic mass is 10.1. The number of H-pyrrole nitrogens is 1. The molecule has 1 aliphatic rings. The van der Waals surface area contributed by atoms with Crippen molar-refractivity contribution in [3.05, 3.63) is 51.4 Å². The molecule has 2 aromatic rings. The van der Waals surface area contributed by atoms with Gasteiger partial charge in [0, 0.05) is 18.3 Å². The van der Waals surface area contributed by atoms with Crippen LogP contribution in [0.2, 0.25) is 0 Å². The van der Waals surface area contributed by atoms with Crippen molar-refractivity contribution in [1.29, 1.82) is 0 Å². The molecule has 0 atom stereocenters. The van der Waals surface area contributed by atoms with E-state index in [0.29, 0.717) is 18.2 Å². The summed E-state index contributed by atoms with van der Waals surface area (Å²) >= 11 is 0. The topological polar surface area (TPSA) is 75.3 Å². The van der Waals surface area contributed by atoms with Crippen LogP contribution >= 0.6 is 0 Å². The SMILES string of the molecule is COc1ccc2c(n1)N(C(=O)c1ccc(C(C)C)[nH]c1=O)CC2. The van der Waals surface area contributed by atoms with Gasteiger partial charge in [-0.2, -0.15) is 4.98 Å². The standard InChI is InChI=1S/C17H19N3O3/c1-10(2)13-6-5-12(16(21)18-13)17(22)20-9-8-11-4-7-14(23-3)19-15(11)20/h4-7,10H,8-9H2,1-3H3,(H,18,21). The number of hydrogen-bond acceptors (Lipinski definition) is 4. The molecule has 0 unspecified atom stereocenters. The van der Waals surface area contributed by atoms with Crippen molar-refractivity contribution in [3.8, 4) is 5.88 Å². The first-order valence-corrected chi connectivity index (χ1v) is 7.60. The average molecular weight is 313 g/mol. The summed E-state index contributed by atoms with van der Waals surface area (Å²) in [5.74, 6) is 0.889. The van der Waals surface area contributed by atoms with E-state index in [1.807, 2.05) is 19.9 Å². The van der Waals surface area contributed by atoms with Crippen LogP contribution in [0.15, 0.2) is 29.1 Å². The number of hydrogen-bond donors (Lipinski definition) is 1. The number of methoxy groups -OCH3 is 1. The molecule has 3 rings (SSSR count). The predicted octanol–water partition coefficient (Wildman–Crippen LogP) is 2.10. The summed E-state index contributed by atoms with van der Waals surface area (Å²) in [6.07, 6.45) is 0.722. The summed E-state index contributed by atoms with van der Waals surface area (Å²) in [7, 11) is 1.53. The van der Waals surface area contributed by atoms with Crippen molar-refractivity contribution >= 4 is 11.7 Å². The number of aromatic amines is 1. The highest BCUT2D eigenvalue weighted by Crippen LogP contribution is 2.29. The molecule has 0 spiro atoms. The second-order valence-corrected chi connectivity index (χ2v) is 5.85. The van der Waals surface area contributed by atoms with Crippen LogP contribution in [0.1, 0.15) is 41.4 Å². The third-order valence-electron chi connectivity index (χ3n) is 4.03. The molecule has 1 aliphatic heterocycles. The minimum Gasteiger partial charge on any atom is -0.481 e. The minimum atomic E-state index is -0.363. The van der Waals surface area contributed by atoms with Gasteiger partial charge in [-0.1, -0.05) is 13.8 Å². The van der Waals surface area contributed by atoms with E-state index >= 15 is 0 Å². The lowest BCUT2D eigenvalue weighted by Crippen LogP contribution is -2.34. The highest BCUT2D eigenvalue weighted by molar-refractivity contribution is 6.06. The van der Waals surface area contributed by atoms with Crippen LogP contribution in [0.4, 0.5) is 5.82 Å². The van der Waals surface area contributed by atoms with Gasteiger partial charge in [0.05, 0.1) is 7.11 Å². The summed E-state index contributed by atoms with van der Waals surface area (Å²) in [5, 5.41) is 0. The molecule has 3 heterocycles. The van der Waals surface area contributed by atoms with Gasteiger partial charge in [-0.25, -0.2) is 0 Å². The zero-order valence-electron chi connectivity index (χ0n) is 13.4. The van der Waals surface area contributed by atoms with Gasteiger partial charge in [0.1, 0.15) is 11.4 Å². The van der Waals surface area contributed by atoms with Crippen LogP contribution in [0, 0.1) is 0 Å².